The maximum atomic E-state index is 13.0. The number of amides is 1. The maximum Gasteiger partial charge on any atom is 0.256 e. The van der Waals surface area contributed by atoms with E-state index in [9.17, 15) is 9.59 Å². The number of fused-ring (bicyclic) bond motifs is 1. The summed E-state index contributed by atoms with van der Waals surface area (Å²) in [5.74, 6) is 0.604. The van der Waals surface area contributed by atoms with E-state index in [1.807, 2.05) is 6.92 Å². The molecule has 0 fully saturated rings. The number of aliphatic hydroxyl groups is 1. The predicted molar refractivity (Wildman–Crippen MR) is 134 cm³/mol. The van der Waals surface area contributed by atoms with Crippen molar-refractivity contribution in [2.45, 2.75) is 65.2 Å². The molecule has 1 amide bonds. The number of aromatic nitrogens is 1. The van der Waals surface area contributed by atoms with Crippen molar-refractivity contribution >= 4 is 16.8 Å². The minimum atomic E-state index is -0.481. The first-order valence-electron chi connectivity index (χ1n) is 12.5. The molecule has 0 aliphatic heterocycles. The van der Waals surface area contributed by atoms with Gasteiger partial charge in [0, 0.05) is 18.8 Å². The van der Waals surface area contributed by atoms with Gasteiger partial charge < -0.3 is 29.6 Å². The molecular weight excluding hydrogens is 436 g/mol. The molecule has 0 aliphatic rings. The molecule has 34 heavy (non-hydrogen) atoms. The molecule has 0 unspecified atom stereocenters. The highest BCUT2D eigenvalue weighted by Crippen LogP contribution is 2.31. The van der Waals surface area contributed by atoms with Gasteiger partial charge in [-0.15, -0.1) is 0 Å². The molecule has 0 saturated carbocycles. The number of hydrogen-bond acceptors (Lipinski definition) is 6. The Morgan fingerprint density at radius 2 is 1.65 bits per heavy atom. The lowest BCUT2D eigenvalue weighted by atomic mass is 10.1. The van der Waals surface area contributed by atoms with Gasteiger partial charge in [-0.2, -0.15) is 0 Å². The van der Waals surface area contributed by atoms with Crippen molar-refractivity contribution in [1.29, 1.82) is 0 Å². The van der Waals surface area contributed by atoms with Gasteiger partial charge in [0.25, 0.3) is 5.91 Å². The van der Waals surface area contributed by atoms with Crippen LogP contribution in [0.15, 0.2) is 23.1 Å². The number of carbonyl (C=O) groups is 1. The van der Waals surface area contributed by atoms with E-state index >= 15 is 0 Å². The number of rotatable bonds is 18. The zero-order valence-electron chi connectivity index (χ0n) is 20.6. The quantitative estimate of drug-likeness (QED) is 0.278. The van der Waals surface area contributed by atoms with Crippen molar-refractivity contribution in [2.75, 3.05) is 39.6 Å². The molecule has 1 heterocycles. The Kier molecular flexibility index (Phi) is 13.1. The summed E-state index contributed by atoms with van der Waals surface area (Å²) in [5.41, 5.74) is 0.228. The number of benzene rings is 1. The van der Waals surface area contributed by atoms with Crippen LogP contribution >= 0.6 is 0 Å². The first-order valence-corrected chi connectivity index (χ1v) is 12.5. The molecule has 1 aromatic heterocycles. The molecule has 0 aliphatic carbocycles. The van der Waals surface area contributed by atoms with Gasteiger partial charge in [-0.25, -0.2) is 0 Å². The van der Waals surface area contributed by atoms with E-state index in [1.165, 1.54) is 44.7 Å². The van der Waals surface area contributed by atoms with Crippen molar-refractivity contribution < 1.29 is 24.1 Å². The molecule has 0 atom stereocenters. The van der Waals surface area contributed by atoms with Crippen LogP contribution in [0, 0.1) is 0 Å². The van der Waals surface area contributed by atoms with Crippen LogP contribution in [0.3, 0.4) is 0 Å². The fraction of sp³-hybridized carbons (Fsp3) is 0.615. The second kappa shape index (κ2) is 16.1. The minimum Gasteiger partial charge on any atom is -0.490 e. The van der Waals surface area contributed by atoms with Gasteiger partial charge in [0.05, 0.1) is 43.9 Å². The van der Waals surface area contributed by atoms with E-state index in [2.05, 4.69) is 17.2 Å². The minimum absolute atomic E-state index is 0.0211. The summed E-state index contributed by atoms with van der Waals surface area (Å²) < 4.78 is 16.8. The average Bonchev–Trinajstić information content (AvgIpc) is 2.83. The largest absolute Gasteiger partial charge is 0.490 e. The molecule has 8 heteroatoms. The van der Waals surface area contributed by atoms with Crippen molar-refractivity contribution in [3.63, 3.8) is 0 Å². The molecule has 2 aromatic rings. The van der Waals surface area contributed by atoms with Crippen molar-refractivity contribution in [2.24, 2.45) is 0 Å². The Labute approximate surface area is 202 Å². The lowest BCUT2D eigenvalue weighted by Crippen LogP contribution is -2.31. The zero-order chi connectivity index (χ0) is 24.6. The summed E-state index contributed by atoms with van der Waals surface area (Å²) in [7, 11) is 0. The Hall–Kier alpha value is -2.58. The van der Waals surface area contributed by atoms with E-state index in [0.29, 0.717) is 35.6 Å². The van der Waals surface area contributed by atoms with Crippen LogP contribution in [0.2, 0.25) is 0 Å². The number of hydrogen-bond donors (Lipinski definition) is 3. The van der Waals surface area contributed by atoms with Gasteiger partial charge in [0.15, 0.2) is 11.5 Å². The fourth-order valence-electron chi connectivity index (χ4n) is 3.69. The molecule has 1 aromatic carbocycles. The van der Waals surface area contributed by atoms with Gasteiger partial charge in [-0.3, -0.25) is 9.59 Å². The number of pyridine rings is 1. The van der Waals surface area contributed by atoms with Gasteiger partial charge in [-0.05, 0) is 19.4 Å². The summed E-state index contributed by atoms with van der Waals surface area (Å²) >= 11 is 0. The van der Waals surface area contributed by atoms with Crippen LogP contribution in [0.5, 0.6) is 11.5 Å². The summed E-state index contributed by atoms with van der Waals surface area (Å²) in [5, 5.41) is 11.7. The fourth-order valence-corrected chi connectivity index (χ4v) is 3.69. The predicted octanol–water partition coefficient (Wildman–Crippen LogP) is 4.19. The van der Waals surface area contributed by atoms with Crippen LogP contribution in [0.4, 0.5) is 0 Å². The topological polar surface area (TPSA) is 110 Å². The third-order valence-corrected chi connectivity index (χ3v) is 5.51. The molecule has 190 valence electrons. The lowest BCUT2D eigenvalue weighted by molar-refractivity contribution is 0.0837. The molecule has 0 radical (unpaired) electrons. The Balaban J connectivity index is 2.01. The van der Waals surface area contributed by atoms with Gasteiger partial charge >= 0.3 is 0 Å². The highest BCUT2D eigenvalue weighted by molar-refractivity contribution is 5.97. The Bertz CT molecular complexity index is 927. The molecule has 8 nitrogen and oxygen atoms in total. The van der Waals surface area contributed by atoms with Crippen LogP contribution in [-0.4, -0.2) is 55.6 Å². The molecule has 3 N–H and O–H groups in total. The van der Waals surface area contributed by atoms with E-state index in [4.69, 9.17) is 19.3 Å². The molecule has 0 saturated heterocycles. The normalized spacial score (nSPS) is 11.0. The number of unbranched alkanes of at least 4 members (excludes halogenated alkanes) is 7. The number of H-pyrrole nitrogens is 1. The summed E-state index contributed by atoms with van der Waals surface area (Å²) in [6.07, 6.45) is 11.1. The van der Waals surface area contributed by atoms with E-state index in [-0.39, 0.29) is 37.4 Å². The Morgan fingerprint density at radius 1 is 0.941 bits per heavy atom. The van der Waals surface area contributed by atoms with E-state index in [0.717, 1.165) is 12.8 Å². The molecule has 0 bridgehead atoms. The van der Waals surface area contributed by atoms with Crippen LogP contribution in [0.1, 0.15) is 75.6 Å². The number of nitrogens with one attached hydrogen (secondary N) is 2. The zero-order valence-corrected chi connectivity index (χ0v) is 20.6. The van der Waals surface area contributed by atoms with Gasteiger partial charge in [-0.1, -0.05) is 51.9 Å². The second-order valence-electron chi connectivity index (χ2n) is 8.22. The highest BCUT2D eigenvalue weighted by Gasteiger charge is 2.16. The third kappa shape index (κ3) is 8.99. The number of aliphatic hydroxyl groups excluding tert-OH is 1. The summed E-state index contributed by atoms with van der Waals surface area (Å²) in [6, 6.07) is 3.40. The second-order valence-corrected chi connectivity index (χ2v) is 8.22. The lowest BCUT2D eigenvalue weighted by Gasteiger charge is -2.14. The first kappa shape index (κ1) is 27.7. The SMILES string of the molecule is CCCCCCCCCCOc1cc2c(=O)c(C(=O)NCCOCCO)c[nH]c2cc1OCC. The van der Waals surface area contributed by atoms with Gasteiger partial charge in [0.2, 0.25) is 5.43 Å². The van der Waals surface area contributed by atoms with Crippen molar-refractivity contribution in [1.82, 2.24) is 10.3 Å². The number of aromatic amines is 1. The first-order chi connectivity index (χ1) is 16.6. The summed E-state index contributed by atoms with van der Waals surface area (Å²) in [4.78, 5) is 28.5. The summed E-state index contributed by atoms with van der Waals surface area (Å²) in [6.45, 7) is 5.77. The smallest absolute Gasteiger partial charge is 0.256 e. The van der Waals surface area contributed by atoms with E-state index in [1.54, 1.807) is 12.1 Å². The standard InChI is InChI=1S/C26H40N2O6/c1-3-5-6-7-8-9-10-11-14-34-23-17-20-22(18-24(23)33-4-2)28-19-21(25(20)30)26(31)27-12-15-32-16-13-29/h17-19,29H,3-16H2,1-2H3,(H,27,31)(H,28,30). The van der Waals surface area contributed by atoms with Gasteiger partial charge in [0.1, 0.15) is 5.56 Å². The number of ether oxygens (including phenoxy) is 3. The van der Waals surface area contributed by atoms with Crippen molar-refractivity contribution in [3.8, 4) is 11.5 Å². The monoisotopic (exact) mass is 476 g/mol. The van der Waals surface area contributed by atoms with Crippen LogP contribution < -0.4 is 20.2 Å². The molecule has 0 spiro atoms. The van der Waals surface area contributed by atoms with Crippen LogP contribution in [0.25, 0.3) is 10.9 Å². The van der Waals surface area contributed by atoms with E-state index < -0.39 is 5.91 Å². The maximum absolute atomic E-state index is 13.0. The highest BCUT2D eigenvalue weighted by atomic mass is 16.5. The average molecular weight is 477 g/mol. The third-order valence-electron chi connectivity index (χ3n) is 5.51. The number of carbonyl (C=O) groups excluding carboxylic acids is 1. The molecular formula is C26H40N2O6. The van der Waals surface area contributed by atoms with Crippen molar-refractivity contribution in [3.05, 3.63) is 34.1 Å². The van der Waals surface area contributed by atoms with Crippen LogP contribution in [-0.2, 0) is 4.74 Å². The Morgan fingerprint density at radius 3 is 2.35 bits per heavy atom. The molecule has 2 rings (SSSR count).